The van der Waals surface area contributed by atoms with Gasteiger partial charge in [-0.3, -0.25) is 4.79 Å². The second kappa shape index (κ2) is 9.11. The largest absolute Gasteiger partial charge is 0.497 e. The molecule has 0 aliphatic rings. The molecular formula is C22H21NO2S. The van der Waals surface area contributed by atoms with Crippen LogP contribution in [0.1, 0.15) is 11.1 Å². The molecule has 0 saturated heterocycles. The molecule has 0 aliphatic carbocycles. The number of carbonyl (C=O) groups is 1. The van der Waals surface area contributed by atoms with E-state index < -0.39 is 0 Å². The van der Waals surface area contributed by atoms with Gasteiger partial charge >= 0.3 is 0 Å². The van der Waals surface area contributed by atoms with Crippen LogP contribution in [-0.2, 0) is 17.0 Å². The van der Waals surface area contributed by atoms with E-state index in [1.165, 1.54) is 5.56 Å². The third-order valence-electron chi connectivity index (χ3n) is 3.92. The monoisotopic (exact) mass is 363 g/mol. The van der Waals surface area contributed by atoms with Gasteiger partial charge in [0, 0.05) is 10.6 Å². The van der Waals surface area contributed by atoms with Crippen molar-refractivity contribution in [3.8, 4) is 5.75 Å². The Morgan fingerprint density at radius 3 is 2.31 bits per heavy atom. The predicted octanol–water partition coefficient (Wildman–Crippen LogP) is 5.17. The summed E-state index contributed by atoms with van der Waals surface area (Å²) in [5.74, 6) is 1.68. The van der Waals surface area contributed by atoms with Crippen LogP contribution in [0.25, 0.3) is 0 Å². The molecule has 1 N–H and O–H groups in total. The van der Waals surface area contributed by atoms with Gasteiger partial charge in [0.2, 0.25) is 5.91 Å². The summed E-state index contributed by atoms with van der Waals surface area (Å²) >= 11 is 1.71. The van der Waals surface area contributed by atoms with Gasteiger partial charge in [-0.2, -0.15) is 0 Å². The second-order valence-corrected chi connectivity index (χ2v) is 6.86. The van der Waals surface area contributed by atoms with Crippen molar-refractivity contribution in [1.29, 1.82) is 0 Å². The third-order valence-corrected chi connectivity index (χ3v) is 5.07. The summed E-state index contributed by atoms with van der Waals surface area (Å²) < 4.78 is 5.19. The van der Waals surface area contributed by atoms with E-state index in [9.17, 15) is 4.79 Å². The Labute approximate surface area is 158 Å². The van der Waals surface area contributed by atoms with E-state index in [-0.39, 0.29) is 5.91 Å². The summed E-state index contributed by atoms with van der Waals surface area (Å²) in [6.45, 7) is 0. The minimum atomic E-state index is -0.00584. The highest BCUT2D eigenvalue weighted by molar-refractivity contribution is 7.98. The molecule has 3 nitrogen and oxygen atoms in total. The molecule has 0 saturated carbocycles. The van der Waals surface area contributed by atoms with Crippen molar-refractivity contribution in [3.63, 3.8) is 0 Å². The van der Waals surface area contributed by atoms with Crippen molar-refractivity contribution >= 4 is 23.4 Å². The van der Waals surface area contributed by atoms with Crippen LogP contribution in [0.2, 0.25) is 0 Å². The average Bonchev–Trinajstić information content (AvgIpc) is 2.68. The molecule has 0 bridgehead atoms. The van der Waals surface area contributed by atoms with E-state index in [2.05, 4.69) is 17.4 Å². The number of methoxy groups -OCH3 is 1. The Morgan fingerprint density at radius 1 is 0.885 bits per heavy atom. The number of rotatable bonds is 7. The standard InChI is InChI=1S/C22H21NO2S/c1-25-19-13-11-18(12-14-19)16-26-21-10-6-5-9-20(21)23-22(24)15-17-7-3-2-4-8-17/h2-14H,15-16H2,1H3,(H,23,24). The molecule has 1 amide bonds. The van der Waals surface area contributed by atoms with Crippen LogP contribution in [-0.4, -0.2) is 13.0 Å². The summed E-state index contributed by atoms with van der Waals surface area (Å²) in [7, 11) is 1.66. The van der Waals surface area contributed by atoms with Crippen molar-refractivity contribution in [3.05, 3.63) is 90.0 Å². The molecule has 0 unspecified atom stereocenters. The predicted molar refractivity (Wildman–Crippen MR) is 108 cm³/mol. The highest BCUT2D eigenvalue weighted by Gasteiger charge is 2.08. The topological polar surface area (TPSA) is 38.3 Å². The van der Waals surface area contributed by atoms with Gasteiger partial charge in [-0.05, 0) is 35.4 Å². The lowest BCUT2D eigenvalue weighted by molar-refractivity contribution is -0.115. The smallest absolute Gasteiger partial charge is 0.228 e. The third kappa shape index (κ3) is 5.14. The van der Waals surface area contributed by atoms with Crippen LogP contribution >= 0.6 is 11.8 Å². The van der Waals surface area contributed by atoms with E-state index in [0.29, 0.717) is 6.42 Å². The summed E-state index contributed by atoms with van der Waals surface area (Å²) in [4.78, 5) is 13.4. The maximum atomic E-state index is 12.3. The van der Waals surface area contributed by atoms with E-state index in [0.717, 1.165) is 27.6 Å². The number of anilines is 1. The van der Waals surface area contributed by atoms with Crippen LogP contribution < -0.4 is 10.1 Å². The number of nitrogens with one attached hydrogen (secondary N) is 1. The fraction of sp³-hybridized carbons (Fsp3) is 0.136. The first-order valence-electron chi connectivity index (χ1n) is 8.43. The molecule has 0 aromatic heterocycles. The van der Waals surface area contributed by atoms with Crippen molar-refractivity contribution in [2.45, 2.75) is 17.1 Å². The molecule has 3 aromatic rings. The van der Waals surface area contributed by atoms with Crippen molar-refractivity contribution < 1.29 is 9.53 Å². The van der Waals surface area contributed by atoms with E-state index in [1.807, 2.05) is 66.7 Å². The number of benzene rings is 3. The summed E-state index contributed by atoms with van der Waals surface area (Å²) in [6, 6.07) is 25.7. The summed E-state index contributed by atoms with van der Waals surface area (Å²) in [5.41, 5.74) is 3.07. The molecule has 0 radical (unpaired) electrons. The van der Waals surface area contributed by atoms with Gasteiger partial charge in [0.15, 0.2) is 0 Å². The van der Waals surface area contributed by atoms with Gasteiger partial charge in [0.25, 0.3) is 0 Å². The Morgan fingerprint density at radius 2 is 1.58 bits per heavy atom. The van der Waals surface area contributed by atoms with Crippen LogP contribution in [0.3, 0.4) is 0 Å². The maximum Gasteiger partial charge on any atom is 0.228 e. The Balaban J connectivity index is 1.62. The van der Waals surface area contributed by atoms with E-state index in [4.69, 9.17) is 4.74 Å². The molecule has 3 aromatic carbocycles. The molecule has 0 spiro atoms. The zero-order valence-corrected chi connectivity index (χ0v) is 15.5. The Hall–Kier alpha value is -2.72. The van der Waals surface area contributed by atoms with Crippen molar-refractivity contribution in [1.82, 2.24) is 0 Å². The zero-order chi connectivity index (χ0) is 18.2. The number of ether oxygens (including phenoxy) is 1. The van der Waals surface area contributed by atoms with Gasteiger partial charge in [-0.25, -0.2) is 0 Å². The molecule has 26 heavy (non-hydrogen) atoms. The first kappa shape index (κ1) is 18.1. The second-order valence-electron chi connectivity index (χ2n) is 5.84. The minimum Gasteiger partial charge on any atom is -0.497 e. The molecule has 0 heterocycles. The van der Waals surface area contributed by atoms with E-state index in [1.54, 1.807) is 18.9 Å². The van der Waals surface area contributed by atoms with Gasteiger partial charge in [-0.15, -0.1) is 11.8 Å². The molecule has 4 heteroatoms. The number of thioether (sulfide) groups is 1. The normalized spacial score (nSPS) is 10.3. The minimum absolute atomic E-state index is 0.00584. The summed E-state index contributed by atoms with van der Waals surface area (Å²) in [5, 5.41) is 3.03. The van der Waals surface area contributed by atoms with Gasteiger partial charge in [-0.1, -0.05) is 54.6 Å². The fourth-order valence-electron chi connectivity index (χ4n) is 2.55. The van der Waals surface area contributed by atoms with Crippen LogP contribution in [0.4, 0.5) is 5.69 Å². The van der Waals surface area contributed by atoms with Crippen molar-refractivity contribution in [2.24, 2.45) is 0 Å². The highest BCUT2D eigenvalue weighted by atomic mass is 32.2. The Kier molecular flexibility index (Phi) is 6.34. The first-order chi connectivity index (χ1) is 12.7. The quantitative estimate of drug-likeness (QED) is 0.589. The molecule has 0 aliphatic heterocycles. The van der Waals surface area contributed by atoms with Crippen molar-refractivity contribution in [2.75, 3.05) is 12.4 Å². The summed E-state index contributed by atoms with van der Waals surface area (Å²) in [6.07, 6.45) is 0.373. The van der Waals surface area contributed by atoms with Crippen LogP contribution in [0.15, 0.2) is 83.8 Å². The fourth-order valence-corrected chi connectivity index (χ4v) is 3.52. The molecule has 3 rings (SSSR count). The zero-order valence-electron chi connectivity index (χ0n) is 14.6. The highest BCUT2D eigenvalue weighted by Crippen LogP contribution is 2.30. The first-order valence-corrected chi connectivity index (χ1v) is 9.41. The Bertz CT molecular complexity index is 848. The average molecular weight is 363 g/mol. The number of carbonyl (C=O) groups excluding carboxylic acids is 1. The number of hydrogen-bond acceptors (Lipinski definition) is 3. The van der Waals surface area contributed by atoms with Gasteiger partial charge in [0.1, 0.15) is 5.75 Å². The molecule has 0 fully saturated rings. The van der Waals surface area contributed by atoms with Gasteiger partial charge < -0.3 is 10.1 Å². The number of hydrogen-bond donors (Lipinski definition) is 1. The lowest BCUT2D eigenvalue weighted by atomic mass is 10.1. The van der Waals surface area contributed by atoms with Crippen LogP contribution in [0, 0.1) is 0 Å². The molecule has 0 atom stereocenters. The van der Waals surface area contributed by atoms with E-state index >= 15 is 0 Å². The molecule has 132 valence electrons. The lowest BCUT2D eigenvalue weighted by Gasteiger charge is -2.11. The van der Waals surface area contributed by atoms with Crippen LogP contribution in [0.5, 0.6) is 5.75 Å². The number of amides is 1. The molecular weight excluding hydrogens is 342 g/mol. The SMILES string of the molecule is COc1ccc(CSc2ccccc2NC(=O)Cc2ccccc2)cc1. The number of para-hydroxylation sites is 1. The lowest BCUT2D eigenvalue weighted by Crippen LogP contribution is -2.14. The maximum absolute atomic E-state index is 12.3. The van der Waals surface area contributed by atoms with Gasteiger partial charge in [0.05, 0.1) is 19.2 Å².